The minimum Gasteiger partial charge on any atom is -0.491 e. The maximum Gasteiger partial charge on any atom is 0.410 e. The fraction of sp³-hybridized carbons (Fsp3) is 0.688. The molecular formula is C80H127N9O19S. The molecule has 28 nitrogen and oxygen atoms in total. The molecule has 0 aliphatic heterocycles. The summed E-state index contributed by atoms with van der Waals surface area (Å²) >= 11 is 1.06. The Labute approximate surface area is 650 Å². The van der Waals surface area contributed by atoms with Gasteiger partial charge in [-0.25, -0.2) is 15.0 Å². The third-order valence-corrected chi connectivity index (χ3v) is 20.8. The highest BCUT2D eigenvalue weighted by Gasteiger charge is 2.64. The van der Waals surface area contributed by atoms with Crippen LogP contribution in [0.15, 0.2) is 85.1 Å². The standard InChI is InChI=1S/C80H127N9O19S/c1-61-54-79(5)58-78(4,60-89-63(3)73(56-84-89)67-13-9-14-70(91)52-67)59-80(79,55-61)107-28-25-88(26-50-109-108-82)77(94)106-57-65-16-20-69(21-17-65)85-76(93)74(15-10-24-83-87(6)7)86-75(92)72(62(2)66-11-8-12-66)53-68(81)51-64-18-22-71(23-19-64)105-49-48-104-47-46-103-45-44-102-43-42-101-41-40-100-39-38-99-37-36-98-35-34-97-33-32-96-31-30-95-29-27-90/h8-9,11,13-14,16-23,56,61-62,66,68,72,74,83,90H,10,12,15,24-55,57-60,81-82H2,1-7H3,(H,85,93)(H,86,92)/t61?,62?,66?,68-,72?,74-,78?,79?,80?/m0/s1. The maximum atomic E-state index is 14.6. The predicted octanol–water partition coefficient (Wildman–Crippen LogP) is 7.87. The molecule has 0 spiro atoms. The highest BCUT2D eigenvalue weighted by atomic mass is 32.2. The van der Waals surface area contributed by atoms with Gasteiger partial charge in [0.15, 0.2) is 5.78 Å². The van der Waals surface area contributed by atoms with Crippen molar-refractivity contribution in [3.8, 4) is 5.75 Å². The van der Waals surface area contributed by atoms with Gasteiger partial charge in [0, 0.05) is 93.4 Å². The van der Waals surface area contributed by atoms with E-state index in [0.717, 1.165) is 78.6 Å². The number of allylic oxidation sites excluding steroid dienone is 6. The van der Waals surface area contributed by atoms with E-state index in [1.165, 1.54) is 0 Å². The van der Waals surface area contributed by atoms with Gasteiger partial charge < -0.3 is 88.0 Å². The number of amides is 3. The molecule has 1 aromatic heterocycles. The van der Waals surface area contributed by atoms with Crippen LogP contribution in [-0.4, -0.2) is 258 Å². The summed E-state index contributed by atoms with van der Waals surface area (Å²) in [5.41, 5.74) is 14.9. The molecule has 3 aromatic rings. The lowest BCUT2D eigenvalue weighted by Crippen LogP contribution is -2.49. The second kappa shape index (κ2) is 50.4. The second-order valence-electron chi connectivity index (χ2n) is 29.6. The van der Waals surface area contributed by atoms with Crippen LogP contribution < -0.4 is 32.4 Å². The molecule has 29 heteroatoms. The first-order chi connectivity index (χ1) is 52.8. The van der Waals surface area contributed by atoms with Crippen LogP contribution in [0.25, 0.3) is 5.57 Å². The Bertz CT molecular complexity index is 3190. The number of aliphatic hydroxyl groups is 1. The van der Waals surface area contributed by atoms with Crippen LogP contribution in [0.1, 0.15) is 108 Å². The number of nitrogens with two attached hydrogens (primary N) is 2. The van der Waals surface area contributed by atoms with Crippen LogP contribution >= 0.6 is 12.0 Å². The number of rotatable bonds is 61. The lowest BCUT2D eigenvalue weighted by molar-refractivity contribution is -0.131. The molecule has 2 saturated carbocycles. The van der Waals surface area contributed by atoms with Crippen LogP contribution in [0.4, 0.5) is 10.5 Å². The molecular weight excluding hydrogens is 1420 g/mol. The van der Waals surface area contributed by atoms with Gasteiger partial charge in [0.25, 0.3) is 0 Å². The van der Waals surface area contributed by atoms with Crippen LogP contribution in [0, 0.1) is 41.4 Å². The van der Waals surface area contributed by atoms with E-state index in [9.17, 15) is 19.2 Å². The normalized spacial score (nSPS) is 20.6. The quantitative estimate of drug-likeness (QED) is 0.0135. The van der Waals surface area contributed by atoms with E-state index >= 15 is 0 Å². The van der Waals surface area contributed by atoms with Gasteiger partial charge in [-0.05, 0) is 140 Å². The van der Waals surface area contributed by atoms with E-state index in [-0.39, 0.29) is 65.1 Å². The van der Waals surface area contributed by atoms with Crippen molar-refractivity contribution in [1.29, 1.82) is 0 Å². The minimum absolute atomic E-state index is 0.00879. The van der Waals surface area contributed by atoms with Crippen molar-refractivity contribution in [3.05, 3.63) is 107 Å². The van der Waals surface area contributed by atoms with E-state index in [2.05, 4.69) is 67.5 Å². The molecule has 9 atom stereocenters. The third-order valence-electron chi connectivity index (χ3n) is 20.4. The molecule has 4 aliphatic carbocycles. The lowest BCUT2D eigenvalue weighted by atomic mass is 9.73. The van der Waals surface area contributed by atoms with Gasteiger partial charge in [-0.3, -0.25) is 29.5 Å². The van der Waals surface area contributed by atoms with Crippen LogP contribution in [0.3, 0.4) is 0 Å². The Morgan fingerprint density at radius 3 is 1.85 bits per heavy atom. The van der Waals surface area contributed by atoms with Crippen LogP contribution in [0.5, 0.6) is 5.75 Å². The van der Waals surface area contributed by atoms with E-state index in [0.29, 0.717) is 220 Å². The summed E-state index contributed by atoms with van der Waals surface area (Å²) in [6.45, 7) is 22.8. The molecule has 7 unspecified atom stereocenters. The molecule has 4 aliphatic rings. The van der Waals surface area contributed by atoms with Crippen molar-refractivity contribution in [1.82, 2.24) is 30.4 Å². The smallest absolute Gasteiger partial charge is 0.410 e. The number of fused-ring (bicyclic) bond motifs is 1. The molecule has 1 heterocycles. The van der Waals surface area contributed by atoms with Gasteiger partial charge in [-0.1, -0.05) is 76.3 Å². The first-order valence-corrected chi connectivity index (χ1v) is 39.8. The average molecular weight is 1550 g/mol. The maximum absolute atomic E-state index is 14.6. The predicted molar refractivity (Wildman–Crippen MR) is 417 cm³/mol. The summed E-state index contributed by atoms with van der Waals surface area (Å²) in [5.74, 6) is 6.27. The van der Waals surface area contributed by atoms with Gasteiger partial charge in [-0.2, -0.15) is 5.10 Å². The van der Waals surface area contributed by atoms with Crippen molar-refractivity contribution in [2.45, 2.75) is 130 Å². The van der Waals surface area contributed by atoms with Crippen molar-refractivity contribution in [2.24, 2.45) is 46.1 Å². The average Bonchev–Trinajstić information content (AvgIpc) is 1.55. The molecule has 109 heavy (non-hydrogen) atoms. The summed E-state index contributed by atoms with van der Waals surface area (Å²) in [7, 11) is 3.81. The topological polar surface area (TPSA) is 330 Å². The summed E-state index contributed by atoms with van der Waals surface area (Å²) in [6.07, 6.45) is 18.1. The Kier molecular flexibility index (Phi) is 41.8. The van der Waals surface area contributed by atoms with Gasteiger partial charge in [0.1, 0.15) is 25.0 Å². The molecule has 0 bridgehead atoms. The van der Waals surface area contributed by atoms with Gasteiger partial charge in [0.2, 0.25) is 11.8 Å². The number of carbonyl (C=O) groups is 4. The molecule has 612 valence electrons. The summed E-state index contributed by atoms with van der Waals surface area (Å²) in [5, 5.41) is 21.6. The number of aliphatic hydroxyl groups excluding tert-OH is 1. The Morgan fingerprint density at radius 2 is 1.31 bits per heavy atom. The van der Waals surface area contributed by atoms with Crippen molar-refractivity contribution in [2.75, 3.05) is 197 Å². The summed E-state index contributed by atoms with van der Waals surface area (Å²) in [6, 6.07) is 13.8. The Balaban J connectivity index is 0.767. The number of hydrogen-bond acceptors (Lipinski definition) is 25. The highest BCUT2D eigenvalue weighted by Crippen LogP contribution is 2.66. The number of benzene rings is 2. The van der Waals surface area contributed by atoms with Crippen LogP contribution in [0.2, 0.25) is 0 Å². The number of nitrogens with zero attached hydrogens (tertiary/aromatic N) is 4. The Hall–Kier alpha value is -5.78. The van der Waals surface area contributed by atoms with Gasteiger partial charge in [-0.15, -0.1) is 0 Å². The number of carbonyl (C=O) groups excluding carboxylic acids is 4. The minimum atomic E-state index is -0.838. The number of ether oxygens (including phenoxy) is 13. The van der Waals surface area contributed by atoms with Gasteiger partial charge >= 0.3 is 6.09 Å². The zero-order valence-electron chi connectivity index (χ0n) is 65.8. The van der Waals surface area contributed by atoms with Gasteiger partial charge in [0.05, 0.1) is 157 Å². The number of hydrazine groups is 1. The molecule has 0 saturated heterocycles. The van der Waals surface area contributed by atoms with E-state index in [1.54, 1.807) is 35.2 Å². The number of hydrogen-bond donors (Lipinski definition) is 6. The van der Waals surface area contributed by atoms with E-state index in [4.69, 9.17) is 87.7 Å². The second-order valence-corrected chi connectivity index (χ2v) is 30.4. The van der Waals surface area contributed by atoms with Crippen molar-refractivity contribution < 1.29 is 90.1 Å². The van der Waals surface area contributed by atoms with Crippen LogP contribution in [-0.2, 0) is 95.1 Å². The largest absolute Gasteiger partial charge is 0.491 e. The molecule has 3 amide bonds. The third kappa shape index (κ3) is 32.7. The number of aromatic nitrogens is 2. The molecule has 7 rings (SSSR count). The SMILES string of the molecule is Cc1c(C2=CC=CC(=O)C2)cnn1CC1(C)CC2(C)CC(C)CC2(OCCN(CCSON)C(=O)OCc2ccc(NC(=O)[C@H](CCCNN(C)C)NC(=O)C(C[C@@H](N)Cc3ccc(OCCOCCOCCOCCOCCOCCOCCOCCOCCOCCOCCO)cc3)C(C)C3C=CC3)cc2)C1. The van der Waals surface area contributed by atoms with E-state index in [1.807, 2.05) is 61.7 Å². The Morgan fingerprint density at radius 1 is 0.743 bits per heavy atom. The number of ketones is 1. The first-order valence-electron chi connectivity index (χ1n) is 38.9. The number of nitrogens with one attached hydrogen (secondary N) is 3. The number of anilines is 1. The molecule has 2 fully saturated rings. The zero-order chi connectivity index (χ0) is 78.0. The first kappa shape index (κ1) is 90.4. The van der Waals surface area contributed by atoms with Crippen molar-refractivity contribution in [3.63, 3.8) is 0 Å². The highest BCUT2D eigenvalue weighted by molar-refractivity contribution is 7.94. The summed E-state index contributed by atoms with van der Waals surface area (Å²) in [4.78, 5) is 56.7. The summed E-state index contributed by atoms with van der Waals surface area (Å²) < 4.78 is 80.8. The fourth-order valence-electron chi connectivity index (χ4n) is 15.0. The lowest BCUT2D eigenvalue weighted by Gasteiger charge is -2.38. The molecule has 0 radical (unpaired) electrons. The molecule has 2 aromatic carbocycles. The van der Waals surface area contributed by atoms with E-state index < -0.39 is 18.1 Å². The van der Waals surface area contributed by atoms with Crippen molar-refractivity contribution >= 4 is 47.0 Å². The zero-order valence-corrected chi connectivity index (χ0v) is 66.6. The fourth-order valence-corrected chi connectivity index (χ4v) is 15.4. The molecule has 8 N–H and O–H groups in total. The monoisotopic (exact) mass is 1550 g/mol.